The largest absolute Gasteiger partial charge is 0.472 e. The van der Waals surface area contributed by atoms with Gasteiger partial charge in [-0.1, -0.05) is 23.8 Å². The molecular formula is C18H17N3O2. The van der Waals surface area contributed by atoms with E-state index >= 15 is 0 Å². The molecule has 0 radical (unpaired) electrons. The number of fused-ring (bicyclic) bond motifs is 1. The maximum absolute atomic E-state index is 12.4. The van der Waals surface area contributed by atoms with Gasteiger partial charge in [0.15, 0.2) is 0 Å². The number of carbonyl (C=O) groups is 1. The van der Waals surface area contributed by atoms with E-state index in [0.717, 1.165) is 18.1 Å². The predicted octanol–water partition coefficient (Wildman–Crippen LogP) is 3.11. The summed E-state index contributed by atoms with van der Waals surface area (Å²) in [7, 11) is 0. The number of hydrogen-bond acceptors (Lipinski definition) is 3. The van der Waals surface area contributed by atoms with Gasteiger partial charge >= 0.3 is 0 Å². The Morgan fingerprint density at radius 3 is 2.96 bits per heavy atom. The lowest BCUT2D eigenvalue weighted by Crippen LogP contribution is -2.38. The van der Waals surface area contributed by atoms with Crippen molar-refractivity contribution in [1.29, 1.82) is 0 Å². The fourth-order valence-electron chi connectivity index (χ4n) is 3.04. The van der Waals surface area contributed by atoms with Gasteiger partial charge in [0.05, 0.1) is 30.3 Å². The second kappa shape index (κ2) is 5.43. The Balaban J connectivity index is 1.61. The van der Waals surface area contributed by atoms with Gasteiger partial charge < -0.3 is 13.9 Å². The smallest absolute Gasteiger partial charge is 0.257 e. The SMILES string of the molecule is Cc1cccc(-c2cnc3n2CCN(C(=O)c2ccoc2)C3)c1. The van der Waals surface area contributed by atoms with Gasteiger partial charge in [-0.15, -0.1) is 0 Å². The van der Waals surface area contributed by atoms with E-state index in [1.54, 1.807) is 6.07 Å². The van der Waals surface area contributed by atoms with Crippen LogP contribution in [-0.4, -0.2) is 26.9 Å². The number of rotatable bonds is 2. The molecule has 3 aromatic rings. The predicted molar refractivity (Wildman–Crippen MR) is 85.8 cm³/mol. The minimum atomic E-state index is -0.00916. The average Bonchev–Trinajstić information content (AvgIpc) is 3.23. The van der Waals surface area contributed by atoms with Crippen LogP contribution in [-0.2, 0) is 13.1 Å². The molecule has 0 fully saturated rings. The number of benzene rings is 1. The van der Waals surface area contributed by atoms with Gasteiger partial charge in [0.25, 0.3) is 5.91 Å². The number of nitrogens with zero attached hydrogens (tertiary/aromatic N) is 3. The molecule has 0 atom stereocenters. The van der Waals surface area contributed by atoms with E-state index in [4.69, 9.17) is 4.42 Å². The van der Waals surface area contributed by atoms with Crippen molar-refractivity contribution in [2.75, 3.05) is 6.54 Å². The monoisotopic (exact) mass is 307 g/mol. The summed E-state index contributed by atoms with van der Waals surface area (Å²) in [6.07, 6.45) is 4.91. The number of imidazole rings is 1. The van der Waals surface area contributed by atoms with Gasteiger partial charge in [0, 0.05) is 18.7 Å². The first-order valence-corrected chi connectivity index (χ1v) is 7.65. The molecule has 1 aliphatic heterocycles. The van der Waals surface area contributed by atoms with E-state index < -0.39 is 0 Å². The lowest BCUT2D eigenvalue weighted by Gasteiger charge is -2.28. The van der Waals surface area contributed by atoms with Gasteiger partial charge in [-0.05, 0) is 19.1 Å². The minimum absolute atomic E-state index is 0.00916. The fourth-order valence-corrected chi connectivity index (χ4v) is 3.04. The van der Waals surface area contributed by atoms with Crippen LogP contribution < -0.4 is 0 Å². The molecule has 0 spiro atoms. The van der Waals surface area contributed by atoms with E-state index in [2.05, 4.69) is 40.7 Å². The highest BCUT2D eigenvalue weighted by Crippen LogP contribution is 2.25. The molecule has 4 rings (SSSR count). The van der Waals surface area contributed by atoms with Crippen LogP contribution in [0.25, 0.3) is 11.3 Å². The Morgan fingerprint density at radius 2 is 2.17 bits per heavy atom. The highest BCUT2D eigenvalue weighted by Gasteiger charge is 2.25. The second-order valence-electron chi connectivity index (χ2n) is 5.82. The van der Waals surface area contributed by atoms with Crippen molar-refractivity contribution in [2.24, 2.45) is 0 Å². The second-order valence-corrected chi connectivity index (χ2v) is 5.82. The standard InChI is InChI=1S/C18H17N3O2/c1-13-3-2-4-14(9-13)16-10-19-17-11-20(6-7-21(16)17)18(22)15-5-8-23-12-15/h2-5,8-10,12H,6-7,11H2,1H3. The number of carbonyl (C=O) groups excluding carboxylic acids is 1. The first-order chi connectivity index (χ1) is 11.2. The van der Waals surface area contributed by atoms with Crippen LogP contribution >= 0.6 is 0 Å². The third-order valence-corrected chi connectivity index (χ3v) is 4.23. The lowest BCUT2D eigenvalue weighted by molar-refractivity contribution is 0.0707. The Morgan fingerprint density at radius 1 is 1.26 bits per heavy atom. The maximum atomic E-state index is 12.4. The number of hydrogen-bond donors (Lipinski definition) is 0. The normalized spacial score (nSPS) is 13.9. The van der Waals surface area contributed by atoms with Crippen molar-refractivity contribution in [3.05, 3.63) is 66.0 Å². The zero-order valence-electron chi connectivity index (χ0n) is 12.9. The summed E-state index contributed by atoms with van der Waals surface area (Å²) in [6.45, 7) is 4.03. The van der Waals surface area contributed by atoms with Crippen LogP contribution in [0.1, 0.15) is 21.7 Å². The summed E-state index contributed by atoms with van der Waals surface area (Å²) in [5.41, 5.74) is 4.09. The highest BCUT2D eigenvalue weighted by molar-refractivity contribution is 5.93. The number of aromatic nitrogens is 2. The Bertz CT molecular complexity index is 849. The van der Waals surface area contributed by atoms with Crippen LogP contribution in [0.3, 0.4) is 0 Å². The van der Waals surface area contributed by atoms with Crippen molar-refractivity contribution in [3.8, 4) is 11.3 Å². The molecule has 1 amide bonds. The highest BCUT2D eigenvalue weighted by atomic mass is 16.3. The van der Waals surface area contributed by atoms with Crippen LogP contribution in [0, 0.1) is 6.92 Å². The van der Waals surface area contributed by atoms with Gasteiger partial charge in [-0.2, -0.15) is 0 Å². The van der Waals surface area contributed by atoms with Crippen LogP contribution in [0.4, 0.5) is 0 Å². The number of amides is 1. The fraction of sp³-hybridized carbons (Fsp3) is 0.222. The third kappa shape index (κ3) is 2.44. The van der Waals surface area contributed by atoms with Crippen molar-refractivity contribution in [2.45, 2.75) is 20.0 Å². The van der Waals surface area contributed by atoms with Gasteiger partial charge in [0.1, 0.15) is 12.1 Å². The molecule has 0 saturated heterocycles. The molecule has 0 aliphatic carbocycles. The van der Waals surface area contributed by atoms with Crippen molar-refractivity contribution >= 4 is 5.91 Å². The zero-order valence-corrected chi connectivity index (χ0v) is 12.9. The van der Waals surface area contributed by atoms with Crippen molar-refractivity contribution in [1.82, 2.24) is 14.5 Å². The molecule has 0 unspecified atom stereocenters. The van der Waals surface area contributed by atoms with Crippen LogP contribution in [0.15, 0.2) is 53.5 Å². The first-order valence-electron chi connectivity index (χ1n) is 7.65. The number of furan rings is 1. The molecule has 0 N–H and O–H groups in total. The molecule has 1 aliphatic rings. The number of aryl methyl sites for hydroxylation is 1. The molecule has 5 heteroatoms. The summed E-state index contributed by atoms with van der Waals surface area (Å²) >= 11 is 0. The third-order valence-electron chi connectivity index (χ3n) is 4.23. The molecule has 23 heavy (non-hydrogen) atoms. The van der Waals surface area contributed by atoms with Crippen molar-refractivity contribution < 1.29 is 9.21 Å². The topological polar surface area (TPSA) is 51.3 Å². The molecule has 0 saturated carbocycles. The molecular weight excluding hydrogens is 290 g/mol. The van der Waals surface area contributed by atoms with Crippen LogP contribution in [0.5, 0.6) is 0 Å². The van der Waals surface area contributed by atoms with E-state index in [1.807, 2.05) is 11.1 Å². The molecule has 5 nitrogen and oxygen atoms in total. The first kappa shape index (κ1) is 13.8. The molecule has 1 aromatic carbocycles. The van der Waals surface area contributed by atoms with E-state index in [1.165, 1.54) is 23.7 Å². The molecule has 3 heterocycles. The van der Waals surface area contributed by atoms with Crippen molar-refractivity contribution in [3.63, 3.8) is 0 Å². The Kier molecular flexibility index (Phi) is 3.26. The minimum Gasteiger partial charge on any atom is -0.472 e. The molecule has 2 aromatic heterocycles. The van der Waals surface area contributed by atoms with E-state index in [9.17, 15) is 4.79 Å². The van der Waals surface area contributed by atoms with Gasteiger partial charge in [-0.25, -0.2) is 4.98 Å². The Hall–Kier alpha value is -2.82. The summed E-state index contributed by atoms with van der Waals surface area (Å²) < 4.78 is 7.20. The maximum Gasteiger partial charge on any atom is 0.257 e. The molecule has 0 bridgehead atoms. The summed E-state index contributed by atoms with van der Waals surface area (Å²) in [6, 6.07) is 10.1. The summed E-state index contributed by atoms with van der Waals surface area (Å²) in [5.74, 6) is 0.912. The van der Waals surface area contributed by atoms with Gasteiger partial charge in [0.2, 0.25) is 0 Å². The van der Waals surface area contributed by atoms with E-state index in [0.29, 0.717) is 18.7 Å². The Labute approximate surface area is 134 Å². The quantitative estimate of drug-likeness (QED) is 0.731. The summed E-state index contributed by atoms with van der Waals surface area (Å²) in [5, 5.41) is 0. The van der Waals surface area contributed by atoms with E-state index in [-0.39, 0.29) is 5.91 Å². The molecule has 116 valence electrons. The average molecular weight is 307 g/mol. The summed E-state index contributed by atoms with van der Waals surface area (Å²) in [4.78, 5) is 18.8. The zero-order chi connectivity index (χ0) is 15.8. The lowest BCUT2D eigenvalue weighted by atomic mass is 10.1. The van der Waals surface area contributed by atoms with Crippen LogP contribution in [0.2, 0.25) is 0 Å². The van der Waals surface area contributed by atoms with Gasteiger partial charge in [-0.3, -0.25) is 4.79 Å².